The Morgan fingerprint density at radius 1 is 1.19 bits per heavy atom. The van der Waals surface area contributed by atoms with Crippen LogP contribution >= 0.6 is 0 Å². The zero-order chi connectivity index (χ0) is 19.9. The quantitative estimate of drug-likeness (QED) is 0.539. The molecule has 0 aliphatic heterocycles. The maximum atomic E-state index is 12.8. The number of rotatable bonds is 8. The molecule has 1 N–H and O–H groups in total. The molecule has 0 amide bonds. The minimum absolute atomic E-state index is 0.0108. The molecule has 0 fully saturated rings. The van der Waals surface area contributed by atoms with E-state index in [1.165, 1.54) is 39.5 Å². The number of nitrogens with zero attached hydrogens (tertiary/aromatic N) is 1. The summed E-state index contributed by atoms with van der Waals surface area (Å²) >= 11 is 0. The number of esters is 1. The molecule has 0 unspecified atom stereocenters. The highest BCUT2D eigenvalue weighted by atomic mass is 32.2. The molecule has 0 aliphatic rings. The SMILES string of the molecule is COC(=O)/C=C/c1cc(OC)c(OC)c(S(=O)(=O)NCc2ccccn2)c1. The molecule has 27 heavy (non-hydrogen) atoms. The second-order valence-corrected chi connectivity index (χ2v) is 6.99. The van der Waals surface area contributed by atoms with Crippen LogP contribution in [0.15, 0.2) is 47.5 Å². The van der Waals surface area contributed by atoms with Gasteiger partial charge in [0.25, 0.3) is 0 Å². The van der Waals surface area contributed by atoms with E-state index in [-0.39, 0.29) is 22.9 Å². The van der Waals surface area contributed by atoms with Crippen LogP contribution in [0.2, 0.25) is 0 Å². The summed E-state index contributed by atoms with van der Waals surface area (Å²) in [6.45, 7) is 0.0108. The second kappa shape index (κ2) is 9.15. The van der Waals surface area contributed by atoms with Crippen LogP contribution in [0.25, 0.3) is 6.08 Å². The van der Waals surface area contributed by atoms with E-state index >= 15 is 0 Å². The number of hydrogen-bond acceptors (Lipinski definition) is 7. The van der Waals surface area contributed by atoms with Gasteiger partial charge in [-0.15, -0.1) is 0 Å². The van der Waals surface area contributed by atoms with Crippen molar-refractivity contribution in [3.63, 3.8) is 0 Å². The van der Waals surface area contributed by atoms with Crippen molar-refractivity contribution in [3.8, 4) is 11.5 Å². The molecule has 0 aliphatic carbocycles. The van der Waals surface area contributed by atoms with Crippen molar-refractivity contribution < 1.29 is 27.4 Å². The molecule has 0 atom stereocenters. The maximum Gasteiger partial charge on any atom is 0.330 e. The van der Waals surface area contributed by atoms with Gasteiger partial charge in [0.2, 0.25) is 10.0 Å². The molecule has 0 bridgehead atoms. The van der Waals surface area contributed by atoms with Gasteiger partial charge in [-0.2, -0.15) is 0 Å². The minimum Gasteiger partial charge on any atom is -0.493 e. The Kier molecular flexibility index (Phi) is 6.91. The Morgan fingerprint density at radius 3 is 2.56 bits per heavy atom. The first-order valence-corrected chi connectivity index (χ1v) is 9.31. The van der Waals surface area contributed by atoms with Crippen molar-refractivity contribution in [2.75, 3.05) is 21.3 Å². The van der Waals surface area contributed by atoms with Crippen molar-refractivity contribution >= 4 is 22.1 Å². The number of methoxy groups -OCH3 is 3. The Balaban J connectivity index is 2.42. The number of sulfonamides is 1. The predicted octanol–water partition coefficient (Wildman–Crippen LogP) is 1.76. The number of aromatic nitrogens is 1. The lowest BCUT2D eigenvalue weighted by Crippen LogP contribution is -2.24. The first-order valence-electron chi connectivity index (χ1n) is 7.83. The molecule has 9 heteroatoms. The van der Waals surface area contributed by atoms with Gasteiger partial charge in [-0.05, 0) is 35.9 Å². The minimum atomic E-state index is -3.95. The number of carbonyl (C=O) groups excluding carboxylic acids is 1. The average molecular weight is 392 g/mol. The predicted molar refractivity (Wildman–Crippen MR) is 98.9 cm³/mol. The molecule has 1 aromatic carbocycles. The van der Waals surface area contributed by atoms with Crippen LogP contribution in [-0.2, 0) is 26.1 Å². The van der Waals surface area contributed by atoms with Crippen LogP contribution in [-0.4, -0.2) is 40.7 Å². The largest absolute Gasteiger partial charge is 0.493 e. The van der Waals surface area contributed by atoms with Gasteiger partial charge in [0.1, 0.15) is 4.90 Å². The highest BCUT2D eigenvalue weighted by molar-refractivity contribution is 7.89. The van der Waals surface area contributed by atoms with Crippen LogP contribution in [0.1, 0.15) is 11.3 Å². The number of hydrogen-bond donors (Lipinski definition) is 1. The number of benzene rings is 1. The number of nitrogens with one attached hydrogen (secondary N) is 1. The fourth-order valence-electron chi connectivity index (χ4n) is 2.23. The van der Waals surface area contributed by atoms with Gasteiger partial charge in [0.15, 0.2) is 11.5 Å². The summed E-state index contributed by atoms with van der Waals surface area (Å²) in [7, 11) is 0.0422. The molecule has 8 nitrogen and oxygen atoms in total. The van der Waals surface area contributed by atoms with E-state index in [0.29, 0.717) is 11.3 Å². The molecule has 0 radical (unpaired) electrons. The lowest BCUT2D eigenvalue weighted by molar-refractivity contribution is -0.134. The van der Waals surface area contributed by atoms with Gasteiger partial charge in [0.05, 0.1) is 33.6 Å². The van der Waals surface area contributed by atoms with E-state index in [4.69, 9.17) is 9.47 Å². The van der Waals surface area contributed by atoms with Crippen LogP contribution in [0.4, 0.5) is 0 Å². The Labute approximate surface area is 157 Å². The Morgan fingerprint density at radius 2 is 1.96 bits per heavy atom. The molecule has 2 rings (SSSR count). The van der Waals surface area contributed by atoms with Gasteiger partial charge in [-0.1, -0.05) is 6.07 Å². The van der Waals surface area contributed by atoms with Crippen LogP contribution in [0.3, 0.4) is 0 Å². The summed E-state index contributed by atoms with van der Waals surface area (Å²) in [5.41, 5.74) is 0.991. The van der Waals surface area contributed by atoms with E-state index in [9.17, 15) is 13.2 Å². The number of pyridine rings is 1. The maximum absolute atomic E-state index is 12.8. The fourth-order valence-corrected chi connectivity index (χ4v) is 3.44. The first kappa shape index (κ1) is 20.4. The summed E-state index contributed by atoms with van der Waals surface area (Å²) < 4.78 is 43.1. The van der Waals surface area contributed by atoms with Gasteiger partial charge < -0.3 is 14.2 Å². The normalized spacial score (nSPS) is 11.4. The van der Waals surface area contributed by atoms with E-state index in [0.717, 1.165) is 0 Å². The molecule has 1 aromatic heterocycles. The smallest absolute Gasteiger partial charge is 0.330 e. The highest BCUT2D eigenvalue weighted by Crippen LogP contribution is 2.36. The second-order valence-electron chi connectivity index (χ2n) is 5.26. The molecule has 2 aromatic rings. The zero-order valence-corrected chi connectivity index (χ0v) is 15.9. The standard InChI is InChI=1S/C18H20N2O6S/c1-24-15-10-13(7-8-17(21)25-2)11-16(18(15)26-3)27(22,23)20-12-14-6-4-5-9-19-14/h4-11,20H,12H2,1-3H3/b8-7+. The average Bonchev–Trinajstić information content (AvgIpc) is 2.70. The third-order valence-corrected chi connectivity index (χ3v) is 4.95. The zero-order valence-electron chi connectivity index (χ0n) is 15.1. The van der Waals surface area contributed by atoms with Gasteiger partial charge in [-0.3, -0.25) is 4.98 Å². The van der Waals surface area contributed by atoms with E-state index in [1.807, 2.05) is 0 Å². The van der Waals surface area contributed by atoms with Crippen molar-refractivity contribution in [1.82, 2.24) is 9.71 Å². The van der Waals surface area contributed by atoms with E-state index in [2.05, 4.69) is 14.4 Å². The van der Waals surface area contributed by atoms with Crippen molar-refractivity contribution in [1.29, 1.82) is 0 Å². The summed E-state index contributed by atoms with van der Waals surface area (Å²) in [5.74, 6) is -0.300. The van der Waals surface area contributed by atoms with Crippen molar-refractivity contribution in [2.45, 2.75) is 11.4 Å². The Bertz CT molecular complexity index is 926. The first-order chi connectivity index (χ1) is 12.9. The topological polar surface area (TPSA) is 104 Å². The van der Waals surface area contributed by atoms with Gasteiger partial charge >= 0.3 is 5.97 Å². The fraction of sp³-hybridized carbons (Fsp3) is 0.222. The van der Waals surface area contributed by atoms with Crippen molar-refractivity contribution in [3.05, 3.63) is 53.9 Å². The van der Waals surface area contributed by atoms with E-state index in [1.54, 1.807) is 30.5 Å². The molecule has 144 valence electrons. The Hall–Kier alpha value is -2.91. The molecule has 0 saturated carbocycles. The summed E-state index contributed by atoms with van der Waals surface area (Å²) in [4.78, 5) is 15.3. The molecular weight excluding hydrogens is 372 g/mol. The molecule has 0 spiro atoms. The van der Waals surface area contributed by atoms with Crippen LogP contribution in [0, 0.1) is 0 Å². The lowest BCUT2D eigenvalue weighted by atomic mass is 10.2. The lowest BCUT2D eigenvalue weighted by Gasteiger charge is -2.15. The third kappa shape index (κ3) is 5.28. The highest BCUT2D eigenvalue weighted by Gasteiger charge is 2.23. The molecule has 0 saturated heterocycles. The van der Waals surface area contributed by atoms with Gasteiger partial charge in [-0.25, -0.2) is 17.9 Å². The monoisotopic (exact) mass is 392 g/mol. The molecular formula is C18H20N2O6S. The molecule has 1 heterocycles. The number of carbonyl (C=O) groups is 1. The number of ether oxygens (including phenoxy) is 3. The van der Waals surface area contributed by atoms with Gasteiger partial charge in [0, 0.05) is 12.3 Å². The third-order valence-electron chi connectivity index (χ3n) is 3.54. The van der Waals surface area contributed by atoms with Crippen molar-refractivity contribution in [2.24, 2.45) is 0 Å². The van der Waals surface area contributed by atoms with E-state index < -0.39 is 16.0 Å². The van der Waals surface area contributed by atoms with Crippen LogP contribution in [0.5, 0.6) is 11.5 Å². The van der Waals surface area contributed by atoms with Crippen LogP contribution < -0.4 is 14.2 Å². The summed E-state index contributed by atoms with van der Waals surface area (Å²) in [6.07, 6.45) is 4.18. The summed E-state index contributed by atoms with van der Waals surface area (Å²) in [6, 6.07) is 8.13. The summed E-state index contributed by atoms with van der Waals surface area (Å²) in [5, 5.41) is 0.